The van der Waals surface area contributed by atoms with Crippen molar-refractivity contribution in [2.75, 3.05) is 0 Å². The van der Waals surface area contributed by atoms with Gasteiger partial charge in [0.15, 0.2) is 0 Å². The quantitative estimate of drug-likeness (QED) is 0.718. The number of carbonyl (C=O) groups is 1. The molecule has 0 spiro atoms. The van der Waals surface area contributed by atoms with Gasteiger partial charge in [0, 0.05) is 18.6 Å². The minimum atomic E-state index is -0.455. The van der Waals surface area contributed by atoms with E-state index in [4.69, 9.17) is 4.84 Å². The van der Waals surface area contributed by atoms with E-state index >= 15 is 0 Å². The van der Waals surface area contributed by atoms with E-state index in [1.165, 1.54) is 18.6 Å². The fourth-order valence-electron chi connectivity index (χ4n) is 1.52. The molecule has 1 rings (SSSR count). The second-order valence-electron chi connectivity index (χ2n) is 3.97. The van der Waals surface area contributed by atoms with Gasteiger partial charge in [0.2, 0.25) is 11.8 Å². The van der Waals surface area contributed by atoms with Gasteiger partial charge in [-0.2, -0.15) is 0 Å². The van der Waals surface area contributed by atoms with E-state index in [2.05, 4.69) is 6.92 Å². The van der Waals surface area contributed by atoms with Crippen LogP contribution in [0.3, 0.4) is 0 Å². The molecule has 0 saturated carbocycles. The molecule has 0 bridgehead atoms. The van der Waals surface area contributed by atoms with Crippen LogP contribution in [0, 0.1) is 0 Å². The van der Waals surface area contributed by atoms with Gasteiger partial charge in [0.25, 0.3) is 0 Å². The number of rotatable bonds is 7. The zero-order valence-electron chi connectivity index (χ0n) is 10.1. The molecule has 0 radical (unpaired) electrons. The predicted octanol–water partition coefficient (Wildman–Crippen LogP) is 2.22. The Morgan fingerprint density at radius 1 is 1.18 bits per heavy atom. The first-order valence-electron chi connectivity index (χ1n) is 5.96. The van der Waals surface area contributed by atoms with Crippen LogP contribution in [0.25, 0.3) is 0 Å². The molecule has 0 saturated heterocycles. The molecule has 0 fully saturated rings. The van der Waals surface area contributed by atoms with Gasteiger partial charge in [-0.15, -0.1) is 4.73 Å². The molecule has 0 aromatic carbocycles. The van der Waals surface area contributed by atoms with Crippen molar-refractivity contribution >= 4 is 5.97 Å². The fourth-order valence-corrected chi connectivity index (χ4v) is 1.52. The summed E-state index contributed by atoms with van der Waals surface area (Å²) in [6.07, 6.45) is 5.50. The van der Waals surface area contributed by atoms with E-state index in [0.29, 0.717) is 11.2 Å². The highest BCUT2D eigenvalue weighted by atomic mass is 16.7. The zero-order valence-corrected chi connectivity index (χ0v) is 10.1. The van der Waals surface area contributed by atoms with Gasteiger partial charge >= 0.3 is 5.97 Å². The Hall–Kier alpha value is -1.65. The van der Waals surface area contributed by atoms with Crippen LogP contribution in [0.2, 0.25) is 0 Å². The summed E-state index contributed by atoms with van der Waals surface area (Å²) >= 11 is 0. The molecular formula is C12H19NO4. The first-order chi connectivity index (χ1) is 8.15. The maximum absolute atomic E-state index is 11.4. The van der Waals surface area contributed by atoms with Crippen LogP contribution < -0.4 is 4.84 Å². The van der Waals surface area contributed by atoms with Gasteiger partial charge in [-0.1, -0.05) is 32.6 Å². The van der Waals surface area contributed by atoms with Gasteiger partial charge in [-0.05, 0) is 6.42 Å². The molecular weight excluding hydrogens is 222 g/mol. The van der Waals surface area contributed by atoms with Gasteiger partial charge < -0.3 is 15.1 Å². The van der Waals surface area contributed by atoms with E-state index in [1.807, 2.05) is 0 Å². The predicted molar refractivity (Wildman–Crippen MR) is 62.7 cm³/mol. The highest BCUT2D eigenvalue weighted by Gasteiger charge is 2.11. The van der Waals surface area contributed by atoms with Crippen molar-refractivity contribution in [1.82, 2.24) is 4.73 Å². The van der Waals surface area contributed by atoms with Crippen LogP contribution >= 0.6 is 0 Å². The Bertz CT molecular complexity index is 340. The first kappa shape index (κ1) is 13.4. The molecule has 96 valence electrons. The monoisotopic (exact) mass is 241 g/mol. The molecule has 0 unspecified atom stereocenters. The van der Waals surface area contributed by atoms with Gasteiger partial charge in [0.1, 0.15) is 0 Å². The van der Waals surface area contributed by atoms with Gasteiger partial charge in [-0.3, -0.25) is 0 Å². The Kier molecular flexibility index (Phi) is 5.39. The van der Waals surface area contributed by atoms with Crippen molar-refractivity contribution in [3.63, 3.8) is 0 Å². The lowest BCUT2D eigenvalue weighted by Gasteiger charge is -2.06. The van der Waals surface area contributed by atoms with Crippen LogP contribution in [-0.2, 0) is 4.79 Å². The van der Waals surface area contributed by atoms with Crippen molar-refractivity contribution in [2.24, 2.45) is 0 Å². The van der Waals surface area contributed by atoms with Crippen molar-refractivity contribution < 1.29 is 19.8 Å². The molecule has 1 aromatic rings. The van der Waals surface area contributed by atoms with Crippen molar-refractivity contribution in [3.8, 4) is 11.8 Å². The highest BCUT2D eigenvalue weighted by Crippen LogP contribution is 2.19. The van der Waals surface area contributed by atoms with E-state index in [-0.39, 0.29) is 11.8 Å². The van der Waals surface area contributed by atoms with Crippen LogP contribution in [-0.4, -0.2) is 20.9 Å². The minimum absolute atomic E-state index is 0.290. The molecule has 5 heteroatoms. The Morgan fingerprint density at radius 2 is 1.76 bits per heavy atom. The lowest BCUT2D eigenvalue weighted by atomic mass is 10.1. The third-order valence-electron chi connectivity index (χ3n) is 2.48. The molecule has 0 aliphatic rings. The van der Waals surface area contributed by atoms with Crippen molar-refractivity contribution in [1.29, 1.82) is 0 Å². The molecule has 5 nitrogen and oxygen atoms in total. The second kappa shape index (κ2) is 6.83. The fraction of sp³-hybridized carbons (Fsp3) is 0.583. The summed E-state index contributed by atoms with van der Waals surface area (Å²) in [6.45, 7) is 2.13. The van der Waals surface area contributed by atoms with Crippen LogP contribution in [0.15, 0.2) is 12.1 Å². The summed E-state index contributed by atoms with van der Waals surface area (Å²) in [5.74, 6) is -1.04. The van der Waals surface area contributed by atoms with Gasteiger partial charge in [0.05, 0.1) is 0 Å². The number of hydrogen-bond acceptors (Lipinski definition) is 4. The third kappa shape index (κ3) is 4.38. The summed E-state index contributed by atoms with van der Waals surface area (Å²) in [5, 5.41) is 18.5. The number of hydrogen-bond donors (Lipinski definition) is 2. The van der Waals surface area contributed by atoms with E-state index < -0.39 is 5.97 Å². The largest absolute Gasteiger partial charge is 0.492 e. The van der Waals surface area contributed by atoms with Crippen LogP contribution in [0.5, 0.6) is 11.8 Å². The normalized spacial score (nSPS) is 10.4. The topological polar surface area (TPSA) is 71.7 Å². The van der Waals surface area contributed by atoms with Crippen LogP contribution in [0.4, 0.5) is 0 Å². The van der Waals surface area contributed by atoms with E-state index in [9.17, 15) is 15.0 Å². The molecule has 1 aromatic heterocycles. The van der Waals surface area contributed by atoms with Crippen LogP contribution in [0.1, 0.15) is 45.4 Å². The maximum Gasteiger partial charge on any atom is 0.333 e. The minimum Gasteiger partial charge on any atom is -0.492 e. The summed E-state index contributed by atoms with van der Waals surface area (Å²) in [5.41, 5.74) is 0. The number of unbranched alkanes of at least 4 members (excludes halogenated alkanes) is 4. The average molecular weight is 241 g/mol. The molecule has 2 N–H and O–H groups in total. The standard InChI is InChI=1S/C12H19NO4/c1-2-3-4-5-6-7-12(16)17-13-10(14)8-9-11(13)15/h8-9,14-15H,2-7H2,1H3. The first-order valence-corrected chi connectivity index (χ1v) is 5.96. The molecule has 17 heavy (non-hydrogen) atoms. The lowest BCUT2D eigenvalue weighted by Crippen LogP contribution is -2.18. The summed E-state index contributed by atoms with van der Waals surface area (Å²) < 4.78 is 0.717. The molecule has 0 atom stereocenters. The third-order valence-corrected chi connectivity index (χ3v) is 2.48. The highest BCUT2D eigenvalue weighted by molar-refractivity contribution is 5.69. The lowest BCUT2D eigenvalue weighted by molar-refractivity contribution is -0.145. The number of carbonyl (C=O) groups excluding carboxylic acids is 1. The Balaban J connectivity index is 2.26. The maximum atomic E-state index is 11.4. The summed E-state index contributed by atoms with van der Waals surface area (Å²) in [7, 11) is 0. The number of nitrogens with zero attached hydrogens (tertiary/aromatic N) is 1. The Morgan fingerprint density at radius 3 is 2.35 bits per heavy atom. The smallest absolute Gasteiger partial charge is 0.333 e. The Labute approximate surface area is 101 Å². The van der Waals surface area contributed by atoms with Crippen molar-refractivity contribution in [2.45, 2.75) is 45.4 Å². The zero-order chi connectivity index (χ0) is 12.7. The second-order valence-corrected chi connectivity index (χ2v) is 3.97. The number of aromatic nitrogens is 1. The molecule has 1 heterocycles. The average Bonchev–Trinajstić information content (AvgIpc) is 2.60. The SMILES string of the molecule is CCCCCCCC(=O)On1c(O)ccc1O. The molecule has 0 amide bonds. The summed E-state index contributed by atoms with van der Waals surface area (Å²) in [4.78, 5) is 16.2. The van der Waals surface area contributed by atoms with Crippen molar-refractivity contribution in [3.05, 3.63) is 12.1 Å². The molecule has 0 aliphatic heterocycles. The molecule has 0 aliphatic carbocycles. The number of aromatic hydroxyl groups is 2. The van der Waals surface area contributed by atoms with Gasteiger partial charge in [-0.25, -0.2) is 4.79 Å². The van der Waals surface area contributed by atoms with E-state index in [1.54, 1.807) is 0 Å². The van der Waals surface area contributed by atoms with E-state index in [0.717, 1.165) is 25.7 Å². The summed E-state index contributed by atoms with van der Waals surface area (Å²) in [6, 6.07) is 2.51.